The highest BCUT2D eigenvalue weighted by atomic mass is 32.2. The second-order valence-electron chi connectivity index (χ2n) is 9.36. The number of amides is 2. The van der Waals surface area contributed by atoms with Gasteiger partial charge in [0.05, 0.1) is 0 Å². The van der Waals surface area contributed by atoms with Gasteiger partial charge in [0.25, 0.3) is 0 Å². The van der Waals surface area contributed by atoms with Crippen molar-refractivity contribution in [3.63, 3.8) is 0 Å². The Morgan fingerprint density at radius 1 is 0.892 bits per heavy atom. The fourth-order valence-electron chi connectivity index (χ4n) is 3.86. The van der Waals surface area contributed by atoms with Gasteiger partial charge in [0.2, 0.25) is 0 Å². The first-order chi connectivity index (χ1) is 18.0. The van der Waals surface area contributed by atoms with Crippen molar-refractivity contribution in [2.45, 2.75) is 51.2 Å². The lowest BCUT2D eigenvalue weighted by Gasteiger charge is -2.30. The maximum atomic E-state index is 13.6. The Labute approximate surface area is 225 Å². The highest BCUT2D eigenvalue weighted by Gasteiger charge is 2.23. The zero-order valence-corrected chi connectivity index (χ0v) is 22.9. The first-order valence-electron chi connectivity index (χ1n) is 12.9. The maximum Gasteiger partial charge on any atom is 0.321 e. The first kappa shape index (κ1) is 28.3. The predicted octanol–water partition coefficient (Wildman–Crippen LogP) is 7.17. The number of nitrogens with zero attached hydrogens (tertiary/aromatic N) is 1. The number of carbonyl (C=O) groups excluding carboxylic acids is 2. The normalized spacial score (nSPS) is 11.7. The van der Waals surface area contributed by atoms with Gasteiger partial charge in [-0.1, -0.05) is 99.6 Å². The van der Waals surface area contributed by atoms with Gasteiger partial charge in [0.15, 0.2) is 0 Å². The summed E-state index contributed by atoms with van der Waals surface area (Å²) in [4.78, 5) is 27.2. The van der Waals surface area contributed by atoms with Crippen LogP contribution in [0, 0.1) is 5.92 Å². The van der Waals surface area contributed by atoms with Gasteiger partial charge in [0.1, 0.15) is 6.61 Å². The van der Waals surface area contributed by atoms with E-state index in [4.69, 9.17) is 4.74 Å². The Morgan fingerprint density at radius 3 is 2.16 bits per heavy atom. The van der Waals surface area contributed by atoms with Crippen molar-refractivity contribution in [2.24, 2.45) is 5.92 Å². The fraction of sp³-hybridized carbons (Fsp3) is 0.355. The van der Waals surface area contributed by atoms with Crippen LogP contribution in [0.3, 0.4) is 0 Å². The average molecular weight is 519 g/mol. The summed E-state index contributed by atoms with van der Waals surface area (Å²) in [6.45, 7) is 7.58. The van der Waals surface area contributed by atoms with Gasteiger partial charge in [-0.2, -0.15) is 11.8 Å². The number of thioether (sulfide) groups is 1. The van der Waals surface area contributed by atoms with Crippen LogP contribution in [0.1, 0.15) is 43.9 Å². The topological polar surface area (TPSA) is 58.6 Å². The van der Waals surface area contributed by atoms with Crippen molar-refractivity contribution in [3.8, 4) is 0 Å². The van der Waals surface area contributed by atoms with Crippen LogP contribution in [-0.2, 0) is 28.3 Å². The van der Waals surface area contributed by atoms with Gasteiger partial charge >= 0.3 is 12.0 Å². The number of hydrogen-bond acceptors (Lipinski definition) is 4. The summed E-state index contributed by atoms with van der Waals surface area (Å²) in [7, 11) is 0. The molecule has 0 heterocycles. The van der Waals surface area contributed by atoms with Crippen LogP contribution >= 0.6 is 11.8 Å². The Balaban J connectivity index is 1.74. The molecule has 3 aromatic carbocycles. The van der Waals surface area contributed by atoms with E-state index in [2.05, 4.69) is 55.6 Å². The molecule has 3 rings (SSSR count). The van der Waals surface area contributed by atoms with E-state index in [1.165, 1.54) is 11.1 Å². The van der Waals surface area contributed by atoms with Gasteiger partial charge in [0, 0.05) is 41.8 Å². The number of benzene rings is 3. The minimum atomic E-state index is -0.263. The molecular formula is C31H38N2O3S. The van der Waals surface area contributed by atoms with Crippen LogP contribution < -0.4 is 5.32 Å². The molecule has 0 aliphatic heterocycles. The van der Waals surface area contributed by atoms with E-state index in [1.54, 1.807) is 6.92 Å². The zero-order valence-electron chi connectivity index (χ0n) is 22.1. The number of urea groups is 1. The zero-order chi connectivity index (χ0) is 26.5. The molecule has 0 bridgehead atoms. The van der Waals surface area contributed by atoms with E-state index in [9.17, 15) is 9.59 Å². The van der Waals surface area contributed by atoms with Gasteiger partial charge in [-0.15, -0.1) is 0 Å². The number of esters is 1. The summed E-state index contributed by atoms with van der Waals surface area (Å²) in [6, 6.07) is 28.0. The summed E-state index contributed by atoms with van der Waals surface area (Å²) in [5.74, 6) is 1.05. The molecule has 196 valence electrons. The molecule has 1 N–H and O–H groups in total. The Hall–Kier alpha value is -3.25. The molecule has 0 aliphatic rings. The first-order valence-corrected chi connectivity index (χ1v) is 14.0. The van der Waals surface area contributed by atoms with Crippen molar-refractivity contribution >= 4 is 29.4 Å². The smallest absolute Gasteiger partial charge is 0.321 e. The van der Waals surface area contributed by atoms with E-state index in [0.717, 1.165) is 17.7 Å². The summed E-state index contributed by atoms with van der Waals surface area (Å²) in [6.07, 6.45) is 1.09. The lowest BCUT2D eigenvalue weighted by atomic mass is 10.1. The number of hydrogen-bond donors (Lipinski definition) is 1. The number of carbonyl (C=O) groups is 2. The van der Waals surface area contributed by atoms with Crippen molar-refractivity contribution in [2.75, 3.05) is 18.4 Å². The van der Waals surface area contributed by atoms with Gasteiger partial charge in [-0.3, -0.25) is 4.79 Å². The Kier molecular flexibility index (Phi) is 11.6. The third-order valence-electron chi connectivity index (χ3n) is 6.19. The molecule has 0 spiro atoms. The Morgan fingerprint density at radius 2 is 1.51 bits per heavy atom. The van der Waals surface area contributed by atoms with Crippen LogP contribution in [0.5, 0.6) is 0 Å². The fourth-order valence-corrected chi connectivity index (χ4v) is 5.13. The monoisotopic (exact) mass is 518 g/mol. The molecule has 0 saturated carbocycles. The van der Waals surface area contributed by atoms with Crippen molar-refractivity contribution in [3.05, 3.63) is 102 Å². The molecule has 6 heteroatoms. The highest BCUT2D eigenvalue weighted by molar-refractivity contribution is 7.99. The summed E-state index contributed by atoms with van der Waals surface area (Å²) < 4.78 is 5.33. The van der Waals surface area contributed by atoms with Gasteiger partial charge in [-0.05, 0) is 29.5 Å². The highest BCUT2D eigenvalue weighted by Crippen LogP contribution is 2.26. The molecule has 5 nitrogen and oxygen atoms in total. The van der Waals surface area contributed by atoms with E-state index >= 15 is 0 Å². The molecule has 0 fully saturated rings. The third kappa shape index (κ3) is 9.62. The molecule has 1 unspecified atom stereocenters. The molecule has 0 aromatic heterocycles. The molecule has 1 atom stereocenters. The number of para-hydroxylation sites is 1. The Bertz CT molecular complexity index is 1110. The second kappa shape index (κ2) is 15.1. The van der Waals surface area contributed by atoms with Gasteiger partial charge in [-0.25, -0.2) is 4.79 Å². The van der Waals surface area contributed by atoms with E-state index in [1.807, 2.05) is 65.2 Å². The largest absolute Gasteiger partial charge is 0.461 e. The molecular weight excluding hydrogens is 480 g/mol. The molecule has 0 aliphatic carbocycles. The minimum absolute atomic E-state index is 0.134. The lowest BCUT2D eigenvalue weighted by molar-refractivity contribution is -0.144. The minimum Gasteiger partial charge on any atom is -0.461 e. The summed E-state index contributed by atoms with van der Waals surface area (Å²) in [5.41, 5.74) is 3.93. The lowest BCUT2D eigenvalue weighted by Crippen LogP contribution is -2.42. The number of anilines is 1. The van der Waals surface area contributed by atoms with E-state index < -0.39 is 0 Å². The molecule has 3 aromatic rings. The quantitative estimate of drug-likeness (QED) is 0.244. The summed E-state index contributed by atoms with van der Waals surface area (Å²) in [5, 5.41) is 3.37. The van der Waals surface area contributed by atoms with Crippen molar-refractivity contribution < 1.29 is 14.3 Å². The predicted molar refractivity (Wildman–Crippen MR) is 154 cm³/mol. The van der Waals surface area contributed by atoms with Crippen LogP contribution in [0.2, 0.25) is 0 Å². The van der Waals surface area contributed by atoms with Crippen molar-refractivity contribution in [1.29, 1.82) is 0 Å². The van der Waals surface area contributed by atoms with Crippen LogP contribution in [-0.4, -0.2) is 35.2 Å². The second-order valence-corrected chi connectivity index (χ2v) is 10.6. The van der Waals surface area contributed by atoms with Crippen LogP contribution in [0.25, 0.3) is 0 Å². The van der Waals surface area contributed by atoms with Crippen LogP contribution in [0.15, 0.2) is 84.9 Å². The number of rotatable bonds is 13. The molecule has 0 radical (unpaired) electrons. The number of nitrogens with one attached hydrogen (secondary N) is 1. The van der Waals surface area contributed by atoms with E-state index in [-0.39, 0.29) is 23.9 Å². The van der Waals surface area contributed by atoms with Gasteiger partial charge < -0.3 is 15.0 Å². The summed E-state index contributed by atoms with van der Waals surface area (Å²) >= 11 is 1.89. The molecule has 0 saturated heterocycles. The number of ether oxygens (including phenoxy) is 1. The molecule has 37 heavy (non-hydrogen) atoms. The van der Waals surface area contributed by atoms with Crippen molar-refractivity contribution in [1.82, 2.24) is 4.90 Å². The van der Waals surface area contributed by atoms with E-state index in [0.29, 0.717) is 31.1 Å². The average Bonchev–Trinajstić information content (AvgIpc) is 2.92. The standard InChI is InChI=1S/C31H38N2O3S/c1-4-30(34)36-22-27-17-11-12-18-28(27)32-31(35)33(20-19-25-13-7-5-8-14-25)21-29(24(2)3)37-23-26-15-9-6-10-16-26/h5-18,24,29H,4,19-23H2,1-3H3,(H,32,35). The maximum absolute atomic E-state index is 13.6. The molecule has 2 amide bonds. The SMILES string of the molecule is CCC(=O)OCc1ccccc1NC(=O)N(CCc1ccccc1)CC(SCc1ccccc1)C(C)C. The third-order valence-corrected chi connectivity index (χ3v) is 7.81. The van der Waals surface area contributed by atoms with Crippen LogP contribution in [0.4, 0.5) is 10.5 Å².